The van der Waals surface area contributed by atoms with E-state index < -0.39 is 15.9 Å². The topological polar surface area (TPSA) is 96.9 Å². The molecular formula is C20H27N3O4S. The fourth-order valence-corrected chi connectivity index (χ4v) is 4.55. The maximum absolute atomic E-state index is 12.7. The van der Waals surface area contributed by atoms with Gasteiger partial charge in [0, 0.05) is 32.7 Å². The summed E-state index contributed by atoms with van der Waals surface area (Å²) in [5, 5.41) is -0.243. The number of hydrogen-bond donors (Lipinski definition) is 1. The van der Waals surface area contributed by atoms with E-state index in [2.05, 4.69) is 49.9 Å². The largest absolute Gasteiger partial charge is 0.438 e. The maximum Gasteiger partial charge on any atom is 0.284 e. The minimum Gasteiger partial charge on any atom is -0.438 e. The Kier molecular flexibility index (Phi) is 5.65. The molecule has 0 saturated carbocycles. The van der Waals surface area contributed by atoms with Gasteiger partial charge in [0.15, 0.2) is 5.76 Å². The van der Waals surface area contributed by atoms with Crippen LogP contribution in [0.25, 0.3) is 0 Å². The minimum absolute atomic E-state index is 0.124. The average Bonchev–Trinajstić information content (AvgIpc) is 3.13. The Morgan fingerprint density at radius 2 is 1.64 bits per heavy atom. The smallest absolute Gasteiger partial charge is 0.284 e. The van der Waals surface area contributed by atoms with Crippen molar-refractivity contribution in [2.75, 3.05) is 26.2 Å². The Morgan fingerprint density at radius 1 is 1.04 bits per heavy atom. The van der Waals surface area contributed by atoms with Crippen molar-refractivity contribution < 1.29 is 17.6 Å². The number of benzene rings is 1. The van der Waals surface area contributed by atoms with E-state index in [1.165, 1.54) is 27.6 Å². The lowest BCUT2D eigenvalue weighted by Gasteiger charge is -2.33. The minimum atomic E-state index is -3.76. The van der Waals surface area contributed by atoms with Crippen LogP contribution in [-0.4, -0.2) is 49.7 Å². The summed E-state index contributed by atoms with van der Waals surface area (Å²) in [6.07, 6.45) is 0. The fourth-order valence-electron chi connectivity index (χ4n) is 3.21. The van der Waals surface area contributed by atoms with E-state index in [-0.39, 0.29) is 16.3 Å². The molecule has 0 radical (unpaired) electrons. The summed E-state index contributed by atoms with van der Waals surface area (Å²) in [4.78, 5) is 13.4. The number of nitrogens with zero attached hydrogens (tertiary/aromatic N) is 2. The van der Waals surface area contributed by atoms with Crippen molar-refractivity contribution in [3.63, 3.8) is 0 Å². The molecule has 1 fully saturated rings. The highest BCUT2D eigenvalue weighted by atomic mass is 32.2. The highest BCUT2D eigenvalue weighted by Gasteiger charge is 2.31. The second-order valence-corrected chi connectivity index (χ2v) is 9.98. The van der Waals surface area contributed by atoms with E-state index >= 15 is 0 Å². The molecule has 2 N–H and O–H groups in total. The molecule has 0 aliphatic carbocycles. The molecule has 8 heteroatoms. The lowest BCUT2D eigenvalue weighted by molar-refractivity contribution is 0.0968. The Morgan fingerprint density at radius 3 is 2.14 bits per heavy atom. The van der Waals surface area contributed by atoms with E-state index in [4.69, 9.17) is 10.2 Å². The molecular weight excluding hydrogens is 378 g/mol. The quantitative estimate of drug-likeness (QED) is 0.822. The standard InChI is InChI=1S/C20H27N3O4S/c1-20(2,3)16-6-4-15(5-7-16)14-22-10-12-23(13-11-22)28(25,26)18-9-8-17(27-18)19(21)24/h4-9H,10-14H2,1-3H3,(H2,21,24). The fraction of sp³-hybridized carbons (Fsp3) is 0.450. The zero-order chi connectivity index (χ0) is 20.5. The van der Waals surface area contributed by atoms with Gasteiger partial charge in [-0.1, -0.05) is 45.0 Å². The van der Waals surface area contributed by atoms with Gasteiger partial charge in [0.05, 0.1) is 0 Å². The number of rotatable bonds is 5. The van der Waals surface area contributed by atoms with Crippen LogP contribution in [0.4, 0.5) is 0 Å². The maximum atomic E-state index is 12.7. The molecule has 1 aliphatic heterocycles. The van der Waals surface area contributed by atoms with E-state index in [1.807, 2.05) is 0 Å². The molecule has 152 valence electrons. The van der Waals surface area contributed by atoms with Crippen LogP contribution in [-0.2, 0) is 22.0 Å². The van der Waals surface area contributed by atoms with Crippen LogP contribution in [0.1, 0.15) is 42.5 Å². The molecule has 1 amide bonds. The number of furan rings is 1. The van der Waals surface area contributed by atoms with Gasteiger partial charge < -0.3 is 10.2 Å². The van der Waals surface area contributed by atoms with Gasteiger partial charge in [-0.2, -0.15) is 4.31 Å². The van der Waals surface area contributed by atoms with Gasteiger partial charge in [0.2, 0.25) is 5.09 Å². The Bertz CT molecular complexity index is 935. The summed E-state index contributed by atoms with van der Waals surface area (Å²) in [5.41, 5.74) is 7.75. The number of nitrogens with two attached hydrogens (primary N) is 1. The molecule has 0 unspecified atom stereocenters. The zero-order valence-electron chi connectivity index (χ0n) is 16.5. The second-order valence-electron chi connectivity index (χ2n) is 8.11. The van der Waals surface area contributed by atoms with Crippen molar-refractivity contribution >= 4 is 15.9 Å². The van der Waals surface area contributed by atoms with Crippen molar-refractivity contribution in [2.45, 2.75) is 37.8 Å². The van der Waals surface area contributed by atoms with Crippen molar-refractivity contribution in [3.05, 3.63) is 53.3 Å². The van der Waals surface area contributed by atoms with Crippen LogP contribution >= 0.6 is 0 Å². The normalized spacial score (nSPS) is 17.0. The predicted molar refractivity (Wildman–Crippen MR) is 106 cm³/mol. The summed E-state index contributed by atoms with van der Waals surface area (Å²) in [6.45, 7) is 9.34. The number of sulfonamides is 1. The molecule has 1 aliphatic rings. The van der Waals surface area contributed by atoms with Gasteiger partial charge in [-0.15, -0.1) is 0 Å². The van der Waals surface area contributed by atoms with Crippen LogP contribution in [0.2, 0.25) is 0 Å². The van der Waals surface area contributed by atoms with Gasteiger partial charge in [-0.05, 0) is 28.7 Å². The van der Waals surface area contributed by atoms with Gasteiger partial charge in [0.25, 0.3) is 15.9 Å². The summed E-state index contributed by atoms with van der Waals surface area (Å²) < 4.78 is 31.9. The third-order valence-corrected chi connectivity index (χ3v) is 6.75. The monoisotopic (exact) mass is 405 g/mol. The van der Waals surface area contributed by atoms with E-state index in [0.29, 0.717) is 26.2 Å². The molecule has 3 rings (SSSR count). The van der Waals surface area contributed by atoms with Crippen LogP contribution < -0.4 is 5.73 Å². The third kappa shape index (κ3) is 4.45. The number of carbonyl (C=O) groups is 1. The van der Waals surface area contributed by atoms with Crippen LogP contribution in [0, 0.1) is 0 Å². The van der Waals surface area contributed by atoms with Gasteiger partial charge in [0.1, 0.15) is 0 Å². The lowest BCUT2D eigenvalue weighted by Crippen LogP contribution is -2.48. The number of piperazine rings is 1. The highest BCUT2D eigenvalue weighted by molar-refractivity contribution is 7.89. The molecule has 2 aromatic rings. The molecule has 2 heterocycles. The Labute approximate surface area is 166 Å². The van der Waals surface area contributed by atoms with Crippen LogP contribution in [0.3, 0.4) is 0 Å². The zero-order valence-corrected chi connectivity index (χ0v) is 17.3. The van der Waals surface area contributed by atoms with Crippen LogP contribution in [0.5, 0.6) is 0 Å². The van der Waals surface area contributed by atoms with Crippen LogP contribution in [0.15, 0.2) is 45.9 Å². The Hall–Kier alpha value is -2.16. The first-order valence-electron chi connectivity index (χ1n) is 9.29. The molecule has 0 atom stereocenters. The first-order chi connectivity index (χ1) is 13.1. The summed E-state index contributed by atoms with van der Waals surface area (Å²) in [6, 6.07) is 11.1. The summed E-state index contributed by atoms with van der Waals surface area (Å²) in [5.74, 6) is -0.945. The Balaban J connectivity index is 1.60. The van der Waals surface area contributed by atoms with Crippen molar-refractivity contribution in [1.29, 1.82) is 0 Å². The summed E-state index contributed by atoms with van der Waals surface area (Å²) >= 11 is 0. The first-order valence-corrected chi connectivity index (χ1v) is 10.7. The number of primary amides is 1. The summed E-state index contributed by atoms with van der Waals surface area (Å²) in [7, 11) is -3.76. The van der Waals surface area contributed by atoms with Crippen molar-refractivity contribution in [2.24, 2.45) is 5.73 Å². The lowest BCUT2D eigenvalue weighted by atomic mass is 9.87. The van der Waals surface area contributed by atoms with Crippen molar-refractivity contribution in [1.82, 2.24) is 9.21 Å². The van der Waals surface area contributed by atoms with Crippen molar-refractivity contribution in [3.8, 4) is 0 Å². The molecule has 0 spiro atoms. The molecule has 7 nitrogen and oxygen atoms in total. The third-order valence-electron chi connectivity index (χ3n) is 4.98. The molecule has 1 aromatic carbocycles. The molecule has 0 bridgehead atoms. The average molecular weight is 406 g/mol. The number of hydrogen-bond acceptors (Lipinski definition) is 5. The second kappa shape index (κ2) is 7.69. The molecule has 1 saturated heterocycles. The predicted octanol–water partition coefficient (Wildman–Crippen LogP) is 2.18. The van der Waals surface area contributed by atoms with E-state index in [0.717, 1.165) is 6.54 Å². The van der Waals surface area contributed by atoms with E-state index in [1.54, 1.807) is 0 Å². The number of amides is 1. The van der Waals surface area contributed by atoms with Gasteiger partial charge in [-0.3, -0.25) is 9.69 Å². The SMILES string of the molecule is CC(C)(C)c1ccc(CN2CCN(S(=O)(=O)c3ccc(C(N)=O)o3)CC2)cc1. The molecule has 1 aromatic heterocycles. The van der Waals surface area contributed by atoms with E-state index in [9.17, 15) is 13.2 Å². The molecule has 28 heavy (non-hydrogen) atoms. The van der Waals surface area contributed by atoms with Gasteiger partial charge in [-0.25, -0.2) is 8.42 Å². The highest BCUT2D eigenvalue weighted by Crippen LogP contribution is 2.23. The van der Waals surface area contributed by atoms with Gasteiger partial charge >= 0.3 is 0 Å². The first kappa shape index (κ1) is 20.6. The number of carbonyl (C=O) groups excluding carboxylic acids is 1.